The van der Waals surface area contributed by atoms with E-state index in [4.69, 9.17) is 4.74 Å². The van der Waals surface area contributed by atoms with E-state index in [0.29, 0.717) is 12.4 Å². The largest absolute Gasteiger partial charge is 0.497 e. The molecule has 1 aromatic carbocycles. The van der Waals surface area contributed by atoms with E-state index >= 15 is 0 Å². The molecular weight excluding hydrogens is 246 g/mol. The maximum absolute atomic E-state index is 11.7. The fraction of sp³-hybridized carbons (Fsp3) is 0.231. The third-order valence-electron chi connectivity index (χ3n) is 2.62. The highest BCUT2D eigenvalue weighted by Gasteiger charge is 2.08. The molecule has 1 aromatic heterocycles. The Morgan fingerprint density at radius 2 is 2.26 bits per heavy atom. The van der Waals surface area contributed by atoms with E-state index < -0.39 is 5.56 Å². The molecule has 2 aromatic rings. The molecule has 0 aliphatic carbocycles. The van der Waals surface area contributed by atoms with Crippen molar-refractivity contribution < 1.29 is 9.84 Å². The summed E-state index contributed by atoms with van der Waals surface area (Å²) in [6.45, 7) is 1.99. The van der Waals surface area contributed by atoms with Crippen LogP contribution in [0, 0.1) is 6.92 Å². The number of nitrogens with one attached hydrogen (secondary N) is 2. The topological polar surface area (TPSA) is 87.2 Å². The highest BCUT2D eigenvalue weighted by atomic mass is 16.5. The number of aromatic hydroxyl groups is 1. The molecule has 0 saturated carbocycles. The lowest BCUT2D eigenvalue weighted by Crippen LogP contribution is -2.16. The van der Waals surface area contributed by atoms with Crippen LogP contribution in [0.5, 0.6) is 11.6 Å². The number of benzene rings is 1. The fourth-order valence-electron chi connectivity index (χ4n) is 1.70. The van der Waals surface area contributed by atoms with Crippen LogP contribution in [0.25, 0.3) is 0 Å². The molecule has 0 saturated heterocycles. The second kappa shape index (κ2) is 5.43. The van der Waals surface area contributed by atoms with Crippen LogP contribution in [0.3, 0.4) is 0 Å². The Hall–Kier alpha value is -2.50. The average molecular weight is 261 g/mol. The third kappa shape index (κ3) is 3.04. The van der Waals surface area contributed by atoms with Gasteiger partial charge in [-0.25, -0.2) is 0 Å². The SMILES string of the molecule is COc1cccc(CNc2c(O)nc(C)[nH]c2=O)c1. The molecule has 0 amide bonds. The Bertz CT molecular complexity index is 637. The Labute approximate surface area is 110 Å². The van der Waals surface area contributed by atoms with Crippen molar-refractivity contribution >= 4 is 5.69 Å². The number of aromatic nitrogens is 2. The normalized spacial score (nSPS) is 10.2. The standard InChI is InChI=1S/C13H15N3O3/c1-8-15-12(17)11(13(18)16-8)14-7-9-4-3-5-10(6-9)19-2/h3-6,14H,7H2,1-2H3,(H2,15,16,17,18). The van der Waals surface area contributed by atoms with Crippen molar-refractivity contribution in [3.8, 4) is 11.6 Å². The van der Waals surface area contributed by atoms with Gasteiger partial charge in [0.25, 0.3) is 5.56 Å². The molecule has 0 radical (unpaired) electrons. The summed E-state index contributed by atoms with van der Waals surface area (Å²) < 4.78 is 5.11. The number of nitrogens with zero attached hydrogens (tertiary/aromatic N) is 1. The van der Waals surface area contributed by atoms with Crippen LogP contribution in [0.1, 0.15) is 11.4 Å². The van der Waals surface area contributed by atoms with E-state index in [1.165, 1.54) is 0 Å². The molecule has 1 heterocycles. The first-order chi connectivity index (χ1) is 9.10. The Morgan fingerprint density at radius 1 is 1.47 bits per heavy atom. The lowest BCUT2D eigenvalue weighted by atomic mass is 10.2. The number of methoxy groups -OCH3 is 1. The lowest BCUT2D eigenvalue weighted by molar-refractivity contribution is 0.414. The molecule has 0 unspecified atom stereocenters. The molecular formula is C13H15N3O3. The molecule has 0 atom stereocenters. The van der Waals surface area contributed by atoms with Crippen molar-refractivity contribution in [3.63, 3.8) is 0 Å². The minimum atomic E-state index is -0.395. The number of rotatable bonds is 4. The van der Waals surface area contributed by atoms with Crippen LogP contribution >= 0.6 is 0 Å². The maximum atomic E-state index is 11.7. The zero-order valence-electron chi connectivity index (χ0n) is 10.7. The molecule has 0 aliphatic rings. The minimum absolute atomic E-state index is 0.0634. The summed E-state index contributed by atoms with van der Waals surface area (Å²) in [5.74, 6) is 0.804. The first-order valence-corrected chi connectivity index (χ1v) is 5.77. The fourth-order valence-corrected chi connectivity index (χ4v) is 1.70. The Morgan fingerprint density at radius 3 is 2.95 bits per heavy atom. The summed E-state index contributed by atoms with van der Waals surface area (Å²) >= 11 is 0. The van der Waals surface area contributed by atoms with Crippen molar-refractivity contribution in [1.29, 1.82) is 0 Å². The van der Waals surface area contributed by atoms with Crippen molar-refractivity contribution in [2.75, 3.05) is 12.4 Å². The van der Waals surface area contributed by atoms with Crippen molar-refractivity contribution in [1.82, 2.24) is 9.97 Å². The number of aromatic amines is 1. The van der Waals surface area contributed by atoms with Gasteiger partial charge < -0.3 is 20.1 Å². The highest BCUT2D eigenvalue weighted by molar-refractivity contribution is 5.50. The summed E-state index contributed by atoms with van der Waals surface area (Å²) in [6, 6.07) is 7.43. The zero-order valence-corrected chi connectivity index (χ0v) is 10.7. The van der Waals surface area contributed by atoms with E-state index in [9.17, 15) is 9.90 Å². The van der Waals surface area contributed by atoms with Crippen LogP contribution in [0.4, 0.5) is 5.69 Å². The van der Waals surface area contributed by atoms with Gasteiger partial charge in [0.05, 0.1) is 7.11 Å². The molecule has 0 aliphatic heterocycles. The first-order valence-electron chi connectivity index (χ1n) is 5.77. The Balaban J connectivity index is 2.16. The summed E-state index contributed by atoms with van der Waals surface area (Å²) in [7, 11) is 1.59. The van der Waals surface area contributed by atoms with Gasteiger partial charge in [-0.1, -0.05) is 12.1 Å². The molecule has 6 heteroatoms. The van der Waals surface area contributed by atoms with Gasteiger partial charge in [-0.2, -0.15) is 4.98 Å². The summed E-state index contributed by atoms with van der Waals surface area (Å²) in [5, 5.41) is 12.5. The highest BCUT2D eigenvalue weighted by Crippen LogP contribution is 2.17. The number of hydrogen-bond donors (Lipinski definition) is 3. The van der Waals surface area contributed by atoms with Gasteiger partial charge in [0, 0.05) is 6.54 Å². The van der Waals surface area contributed by atoms with Crippen LogP contribution in [0.2, 0.25) is 0 Å². The molecule has 0 spiro atoms. The van der Waals surface area contributed by atoms with Crippen LogP contribution in [0.15, 0.2) is 29.1 Å². The van der Waals surface area contributed by atoms with Crippen molar-refractivity contribution in [3.05, 3.63) is 46.0 Å². The van der Waals surface area contributed by atoms with Crippen molar-refractivity contribution in [2.45, 2.75) is 13.5 Å². The third-order valence-corrected chi connectivity index (χ3v) is 2.62. The van der Waals surface area contributed by atoms with Gasteiger partial charge in [-0.05, 0) is 24.6 Å². The second-order valence-corrected chi connectivity index (χ2v) is 4.06. The molecule has 2 rings (SSSR count). The van der Waals surface area contributed by atoms with Gasteiger partial charge in [0.2, 0.25) is 5.88 Å². The van der Waals surface area contributed by atoms with E-state index in [2.05, 4.69) is 15.3 Å². The van der Waals surface area contributed by atoms with E-state index in [1.54, 1.807) is 14.0 Å². The minimum Gasteiger partial charge on any atom is -0.497 e. The smallest absolute Gasteiger partial charge is 0.278 e. The predicted molar refractivity (Wildman–Crippen MR) is 71.6 cm³/mol. The molecule has 3 N–H and O–H groups in total. The number of ether oxygens (including phenoxy) is 1. The van der Waals surface area contributed by atoms with Gasteiger partial charge in [0.1, 0.15) is 11.6 Å². The number of anilines is 1. The molecule has 0 fully saturated rings. The summed E-state index contributed by atoms with van der Waals surface area (Å²) in [6.07, 6.45) is 0. The van der Waals surface area contributed by atoms with Crippen LogP contribution in [-0.4, -0.2) is 22.2 Å². The quantitative estimate of drug-likeness (QED) is 0.774. The van der Waals surface area contributed by atoms with Gasteiger partial charge in [0.15, 0.2) is 5.69 Å². The molecule has 100 valence electrons. The number of H-pyrrole nitrogens is 1. The second-order valence-electron chi connectivity index (χ2n) is 4.06. The van der Waals surface area contributed by atoms with E-state index in [-0.39, 0.29) is 11.6 Å². The zero-order chi connectivity index (χ0) is 13.8. The van der Waals surface area contributed by atoms with Gasteiger partial charge in [-0.3, -0.25) is 4.79 Å². The maximum Gasteiger partial charge on any atom is 0.278 e. The Kier molecular flexibility index (Phi) is 3.70. The van der Waals surface area contributed by atoms with E-state index in [1.807, 2.05) is 24.3 Å². The lowest BCUT2D eigenvalue weighted by Gasteiger charge is -2.08. The van der Waals surface area contributed by atoms with E-state index in [0.717, 1.165) is 11.3 Å². The molecule has 0 bridgehead atoms. The summed E-state index contributed by atoms with van der Waals surface area (Å²) in [5.41, 5.74) is 0.597. The van der Waals surface area contributed by atoms with Gasteiger partial charge >= 0.3 is 0 Å². The first kappa shape index (κ1) is 12.9. The number of hydrogen-bond acceptors (Lipinski definition) is 5. The number of aryl methyl sites for hydroxylation is 1. The monoisotopic (exact) mass is 261 g/mol. The predicted octanol–water partition coefficient (Wildman–Crippen LogP) is 1.40. The molecule has 6 nitrogen and oxygen atoms in total. The van der Waals surface area contributed by atoms with Crippen molar-refractivity contribution in [2.24, 2.45) is 0 Å². The van der Waals surface area contributed by atoms with Gasteiger partial charge in [-0.15, -0.1) is 0 Å². The average Bonchev–Trinajstić information content (AvgIpc) is 2.37. The molecule has 19 heavy (non-hydrogen) atoms. The van der Waals surface area contributed by atoms with Crippen LogP contribution in [-0.2, 0) is 6.54 Å². The summed E-state index contributed by atoms with van der Waals surface area (Å²) in [4.78, 5) is 18.0. The van der Waals surface area contributed by atoms with Crippen LogP contribution < -0.4 is 15.6 Å².